The minimum atomic E-state index is 0.146. The van der Waals surface area contributed by atoms with Crippen LogP contribution in [0.2, 0.25) is 0 Å². The van der Waals surface area contributed by atoms with Crippen molar-refractivity contribution in [1.29, 1.82) is 5.41 Å². The quantitative estimate of drug-likeness (QED) is 0.577. The maximum absolute atomic E-state index is 7.36. The summed E-state index contributed by atoms with van der Waals surface area (Å²) in [4.78, 5) is 0. The predicted molar refractivity (Wildman–Crippen MR) is 65.2 cm³/mol. The van der Waals surface area contributed by atoms with Crippen LogP contribution in [0.15, 0.2) is 24.3 Å². The molecule has 1 aromatic rings. The molecule has 0 radical (unpaired) electrons. The third kappa shape index (κ3) is 4.15. The SMILES string of the molecule is CC(C)(C)CCc1cccc(C(=N)N)c1. The summed E-state index contributed by atoms with van der Waals surface area (Å²) in [5.74, 6) is 0.146. The molecule has 1 rings (SSSR count). The zero-order valence-electron chi connectivity index (χ0n) is 9.80. The molecule has 0 saturated heterocycles. The highest BCUT2D eigenvalue weighted by molar-refractivity contribution is 5.95. The first-order chi connectivity index (χ1) is 6.88. The Labute approximate surface area is 92.0 Å². The second-order valence-electron chi connectivity index (χ2n) is 5.17. The summed E-state index contributed by atoms with van der Waals surface area (Å²) in [6, 6.07) is 7.95. The third-order valence-corrected chi connectivity index (χ3v) is 2.40. The highest BCUT2D eigenvalue weighted by Crippen LogP contribution is 2.21. The van der Waals surface area contributed by atoms with Crippen LogP contribution in [-0.4, -0.2) is 5.84 Å². The van der Waals surface area contributed by atoms with E-state index in [0.717, 1.165) is 18.4 Å². The number of aryl methyl sites for hydroxylation is 1. The lowest BCUT2D eigenvalue weighted by atomic mass is 9.88. The van der Waals surface area contributed by atoms with E-state index in [0.29, 0.717) is 5.41 Å². The first-order valence-corrected chi connectivity index (χ1v) is 5.32. The summed E-state index contributed by atoms with van der Waals surface area (Å²) in [5, 5.41) is 7.36. The van der Waals surface area contributed by atoms with Crippen molar-refractivity contribution in [3.63, 3.8) is 0 Å². The van der Waals surface area contributed by atoms with E-state index in [1.807, 2.05) is 18.2 Å². The lowest BCUT2D eigenvalue weighted by Crippen LogP contribution is -2.11. The van der Waals surface area contributed by atoms with Crippen LogP contribution >= 0.6 is 0 Å². The highest BCUT2D eigenvalue weighted by atomic mass is 14.7. The van der Waals surface area contributed by atoms with E-state index >= 15 is 0 Å². The van der Waals surface area contributed by atoms with Crippen LogP contribution in [0.3, 0.4) is 0 Å². The molecule has 0 bridgehead atoms. The van der Waals surface area contributed by atoms with Crippen molar-refractivity contribution in [3.05, 3.63) is 35.4 Å². The van der Waals surface area contributed by atoms with Crippen LogP contribution < -0.4 is 5.73 Å². The Morgan fingerprint density at radius 1 is 1.33 bits per heavy atom. The Kier molecular flexibility index (Phi) is 3.51. The van der Waals surface area contributed by atoms with E-state index < -0.39 is 0 Å². The van der Waals surface area contributed by atoms with Crippen molar-refractivity contribution in [2.45, 2.75) is 33.6 Å². The van der Waals surface area contributed by atoms with Crippen LogP contribution in [0.25, 0.3) is 0 Å². The maximum atomic E-state index is 7.36. The Morgan fingerprint density at radius 3 is 2.53 bits per heavy atom. The van der Waals surface area contributed by atoms with Gasteiger partial charge < -0.3 is 5.73 Å². The van der Waals surface area contributed by atoms with Gasteiger partial charge in [0, 0.05) is 5.56 Å². The van der Waals surface area contributed by atoms with Crippen LogP contribution in [0.5, 0.6) is 0 Å². The Bertz CT molecular complexity index is 348. The average molecular weight is 204 g/mol. The van der Waals surface area contributed by atoms with E-state index in [2.05, 4.69) is 26.8 Å². The Balaban J connectivity index is 2.70. The summed E-state index contributed by atoms with van der Waals surface area (Å²) in [5.41, 5.74) is 7.88. The van der Waals surface area contributed by atoms with Crippen LogP contribution in [0.4, 0.5) is 0 Å². The Hall–Kier alpha value is -1.31. The molecular formula is C13H20N2. The first kappa shape index (κ1) is 11.8. The first-order valence-electron chi connectivity index (χ1n) is 5.32. The highest BCUT2D eigenvalue weighted by Gasteiger charge is 2.10. The average Bonchev–Trinajstić information content (AvgIpc) is 2.14. The molecule has 15 heavy (non-hydrogen) atoms. The van der Waals surface area contributed by atoms with E-state index in [4.69, 9.17) is 11.1 Å². The Morgan fingerprint density at radius 2 is 2.00 bits per heavy atom. The minimum Gasteiger partial charge on any atom is -0.384 e. The van der Waals surface area contributed by atoms with Gasteiger partial charge in [-0.1, -0.05) is 39.0 Å². The summed E-state index contributed by atoms with van der Waals surface area (Å²) in [6.07, 6.45) is 2.19. The van der Waals surface area contributed by atoms with Gasteiger partial charge in [-0.2, -0.15) is 0 Å². The van der Waals surface area contributed by atoms with Crippen molar-refractivity contribution in [3.8, 4) is 0 Å². The summed E-state index contributed by atoms with van der Waals surface area (Å²) in [7, 11) is 0. The number of nitrogens with one attached hydrogen (secondary N) is 1. The van der Waals surface area contributed by atoms with E-state index in [-0.39, 0.29) is 5.84 Å². The van der Waals surface area contributed by atoms with E-state index in [9.17, 15) is 0 Å². The van der Waals surface area contributed by atoms with E-state index in [1.165, 1.54) is 5.56 Å². The molecule has 82 valence electrons. The van der Waals surface area contributed by atoms with Gasteiger partial charge in [-0.3, -0.25) is 5.41 Å². The van der Waals surface area contributed by atoms with Gasteiger partial charge in [-0.15, -0.1) is 0 Å². The molecule has 0 amide bonds. The number of amidine groups is 1. The fourth-order valence-electron chi connectivity index (χ4n) is 1.41. The molecule has 0 fully saturated rings. The molecule has 3 N–H and O–H groups in total. The number of hydrogen-bond acceptors (Lipinski definition) is 1. The molecular weight excluding hydrogens is 184 g/mol. The molecule has 0 spiro atoms. The molecule has 0 aliphatic carbocycles. The number of hydrogen-bond donors (Lipinski definition) is 2. The third-order valence-electron chi connectivity index (χ3n) is 2.40. The van der Waals surface area contributed by atoms with Crippen LogP contribution in [-0.2, 0) is 6.42 Å². The predicted octanol–water partition coefficient (Wildman–Crippen LogP) is 2.95. The van der Waals surface area contributed by atoms with E-state index in [1.54, 1.807) is 0 Å². The maximum Gasteiger partial charge on any atom is 0.122 e. The van der Waals surface area contributed by atoms with Gasteiger partial charge in [0.2, 0.25) is 0 Å². The monoisotopic (exact) mass is 204 g/mol. The number of nitrogens with two attached hydrogens (primary N) is 1. The molecule has 2 nitrogen and oxygen atoms in total. The summed E-state index contributed by atoms with van der Waals surface area (Å²) >= 11 is 0. The number of benzene rings is 1. The molecule has 0 unspecified atom stereocenters. The van der Waals surface area contributed by atoms with Crippen molar-refractivity contribution in [1.82, 2.24) is 0 Å². The molecule has 2 heteroatoms. The van der Waals surface area contributed by atoms with Crippen molar-refractivity contribution < 1.29 is 0 Å². The number of nitrogen functional groups attached to an aromatic ring is 1. The van der Waals surface area contributed by atoms with Gasteiger partial charge in [0.05, 0.1) is 0 Å². The largest absolute Gasteiger partial charge is 0.384 e. The fraction of sp³-hybridized carbons (Fsp3) is 0.462. The molecule has 1 aromatic carbocycles. The van der Waals surface area contributed by atoms with Crippen molar-refractivity contribution >= 4 is 5.84 Å². The second kappa shape index (κ2) is 4.47. The second-order valence-corrected chi connectivity index (χ2v) is 5.17. The topological polar surface area (TPSA) is 49.9 Å². The van der Waals surface area contributed by atoms with Crippen LogP contribution in [0, 0.1) is 10.8 Å². The minimum absolute atomic E-state index is 0.146. The van der Waals surface area contributed by atoms with Gasteiger partial charge in [-0.25, -0.2) is 0 Å². The molecule has 0 atom stereocenters. The smallest absolute Gasteiger partial charge is 0.122 e. The van der Waals surface area contributed by atoms with Gasteiger partial charge in [-0.05, 0) is 29.9 Å². The van der Waals surface area contributed by atoms with Gasteiger partial charge >= 0.3 is 0 Å². The summed E-state index contributed by atoms with van der Waals surface area (Å²) in [6.45, 7) is 6.71. The molecule has 0 heterocycles. The zero-order chi connectivity index (χ0) is 11.5. The standard InChI is InChI=1S/C13H20N2/c1-13(2,3)8-7-10-5-4-6-11(9-10)12(14)15/h4-6,9H,7-8H2,1-3H3,(H3,14,15). The normalized spacial score (nSPS) is 11.4. The van der Waals surface area contributed by atoms with Crippen molar-refractivity contribution in [2.75, 3.05) is 0 Å². The number of rotatable bonds is 3. The zero-order valence-corrected chi connectivity index (χ0v) is 9.80. The summed E-state index contributed by atoms with van der Waals surface area (Å²) < 4.78 is 0. The van der Waals surface area contributed by atoms with Gasteiger partial charge in [0.1, 0.15) is 5.84 Å². The lowest BCUT2D eigenvalue weighted by molar-refractivity contribution is 0.378. The van der Waals surface area contributed by atoms with Gasteiger partial charge in [0.25, 0.3) is 0 Å². The lowest BCUT2D eigenvalue weighted by Gasteiger charge is -2.17. The molecule has 0 aromatic heterocycles. The van der Waals surface area contributed by atoms with Crippen molar-refractivity contribution in [2.24, 2.45) is 11.1 Å². The molecule has 0 aliphatic rings. The molecule has 0 saturated carbocycles. The van der Waals surface area contributed by atoms with Crippen LogP contribution in [0.1, 0.15) is 38.3 Å². The molecule has 0 aliphatic heterocycles. The van der Waals surface area contributed by atoms with Gasteiger partial charge in [0.15, 0.2) is 0 Å². The fourth-order valence-corrected chi connectivity index (χ4v) is 1.41.